The number of urea groups is 1. The molecule has 1 heterocycles. The first-order chi connectivity index (χ1) is 11.5. The van der Waals surface area contributed by atoms with Crippen LogP contribution in [-0.4, -0.2) is 30.9 Å². The van der Waals surface area contributed by atoms with E-state index in [-0.39, 0.29) is 24.7 Å². The van der Waals surface area contributed by atoms with E-state index in [1.165, 1.54) is 0 Å². The zero-order valence-corrected chi connectivity index (χ0v) is 14.7. The van der Waals surface area contributed by atoms with Crippen LogP contribution in [0.15, 0.2) is 22.6 Å². The van der Waals surface area contributed by atoms with Crippen LogP contribution in [0.5, 0.6) is 5.75 Å². The van der Waals surface area contributed by atoms with Crippen LogP contribution in [-0.2, 0) is 0 Å². The molecule has 2 rings (SSSR count). The first kappa shape index (κ1) is 18.1. The summed E-state index contributed by atoms with van der Waals surface area (Å²) in [5, 5.41) is 15.6. The fourth-order valence-corrected chi connectivity index (χ4v) is 2.76. The number of aliphatic hydroxyl groups excluding tert-OH is 1. The number of benzene rings is 1. The Hall–Kier alpha value is -2.21. The van der Waals surface area contributed by atoms with Crippen LogP contribution in [0, 0.1) is 6.92 Å². The molecule has 24 heavy (non-hydrogen) atoms. The van der Waals surface area contributed by atoms with Gasteiger partial charge in [0, 0.05) is 23.6 Å². The van der Waals surface area contributed by atoms with Gasteiger partial charge in [-0.3, -0.25) is 0 Å². The topological polar surface area (TPSA) is 83.7 Å². The number of hydrogen-bond donors (Lipinski definition) is 3. The molecule has 2 amide bonds. The molecule has 0 bridgehead atoms. The first-order valence-electron chi connectivity index (χ1n) is 8.21. The van der Waals surface area contributed by atoms with Crippen molar-refractivity contribution in [2.45, 2.75) is 45.7 Å². The molecule has 2 aromatic rings. The van der Waals surface area contributed by atoms with Crippen molar-refractivity contribution in [2.24, 2.45) is 0 Å². The predicted octanol–water partition coefficient (Wildman–Crippen LogP) is 3.27. The third kappa shape index (κ3) is 4.20. The first-order valence-corrected chi connectivity index (χ1v) is 8.21. The van der Waals surface area contributed by atoms with Crippen LogP contribution in [0.1, 0.15) is 44.1 Å². The molecule has 3 N–H and O–H groups in total. The average Bonchev–Trinajstić information content (AvgIpc) is 2.89. The number of hydrogen-bond acceptors (Lipinski definition) is 4. The summed E-state index contributed by atoms with van der Waals surface area (Å²) in [6, 6.07) is 5.16. The van der Waals surface area contributed by atoms with Crippen molar-refractivity contribution in [2.75, 3.05) is 13.7 Å². The third-order valence-corrected chi connectivity index (χ3v) is 4.09. The number of aryl methyl sites for hydroxylation is 1. The monoisotopic (exact) mass is 334 g/mol. The lowest BCUT2D eigenvalue weighted by atomic mass is 10.1. The van der Waals surface area contributed by atoms with E-state index in [1.807, 2.05) is 39.0 Å². The van der Waals surface area contributed by atoms with Gasteiger partial charge >= 0.3 is 6.03 Å². The smallest absolute Gasteiger partial charge is 0.315 e. The molecule has 1 aromatic carbocycles. The highest BCUT2D eigenvalue weighted by Crippen LogP contribution is 2.31. The van der Waals surface area contributed by atoms with Gasteiger partial charge in [0.2, 0.25) is 0 Å². The minimum atomic E-state index is -0.256. The molecule has 6 heteroatoms. The summed E-state index contributed by atoms with van der Waals surface area (Å²) in [6.07, 6.45) is 1.41. The van der Waals surface area contributed by atoms with Gasteiger partial charge in [-0.1, -0.05) is 0 Å². The van der Waals surface area contributed by atoms with E-state index in [1.54, 1.807) is 7.11 Å². The lowest BCUT2D eigenvalue weighted by Crippen LogP contribution is -2.41. The van der Waals surface area contributed by atoms with Crippen molar-refractivity contribution in [3.63, 3.8) is 0 Å². The van der Waals surface area contributed by atoms with Gasteiger partial charge < -0.3 is 24.9 Å². The van der Waals surface area contributed by atoms with Crippen LogP contribution in [0.2, 0.25) is 0 Å². The number of amides is 2. The van der Waals surface area contributed by atoms with Crippen LogP contribution in [0.3, 0.4) is 0 Å². The number of ether oxygens (including phenoxy) is 1. The van der Waals surface area contributed by atoms with Crippen molar-refractivity contribution >= 4 is 17.0 Å². The fraction of sp³-hybridized carbons (Fsp3) is 0.500. The van der Waals surface area contributed by atoms with Gasteiger partial charge in [-0.15, -0.1) is 0 Å². The van der Waals surface area contributed by atoms with Crippen LogP contribution < -0.4 is 15.4 Å². The second kappa shape index (κ2) is 8.06. The maximum atomic E-state index is 12.1. The Labute approximate surface area is 142 Å². The Morgan fingerprint density at radius 1 is 1.33 bits per heavy atom. The zero-order chi connectivity index (χ0) is 17.7. The molecule has 0 fully saturated rings. The highest BCUT2D eigenvalue weighted by Gasteiger charge is 2.19. The van der Waals surface area contributed by atoms with Crippen molar-refractivity contribution in [1.29, 1.82) is 0 Å². The summed E-state index contributed by atoms with van der Waals surface area (Å²) in [5.74, 6) is 1.51. The molecule has 6 nitrogen and oxygen atoms in total. The summed E-state index contributed by atoms with van der Waals surface area (Å²) < 4.78 is 11.1. The van der Waals surface area contributed by atoms with Crippen molar-refractivity contribution in [3.05, 3.63) is 29.5 Å². The number of nitrogens with one attached hydrogen (secondary N) is 2. The highest BCUT2D eigenvalue weighted by atomic mass is 16.5. The maximum absolute atomic E-state index is 12.1. The maximum Gasteiger partial charge on any atom is 0.315 e. The fourth-order valence-electron chi connectivity index (χ4n) is 2.76. The Bertz CT molecular complexity index is 696. The SMILES string of the molecule is COc1ccc2oc(C(C)NC(=O)NC(C)CCCO)c(C)c2c1. The largest absolute Gasteiger partial charge is 0.497 e. The molecule has 132 valence electrons. The van der Waals surface area contributed by atoms with Crippen molar-refractivity contribution in [3.8, 4) is 5.75 Å². The van der Waals surface area contributed by atoms with Gasteiger partial charge in [0.1, 0.15) is 17.1 Å². The van der Waals surface area contributed by atoms with E-state index in [0.717, 1.165) is 34.5 Å². The zero-order valence-electron chi connectivity index (χ0n) is 14.7. The predicted molar refractivity (Wildman–Crippen MR) is 93.4 cm³/mol. The molecule has 0 spiro atoms. The minimum Gasteiger partial charge on any atom is -0.497 e. The van der Waals surface area contributed by atoms with Gasteiger partial charge in [-0.05, 0) is 51.8 Å². The Morgan fingerprint density at radius 2 is 2.08 bits per heavy atom. The van der Waals surface area contributed by atoms with E-state index in [4.69, 9.17) is 14.3 Å². The number of carbonyl (C=O) groups excluding carboxylic acids is 1. The molecule has 0 aliphatic heterocycles. The van der Waals surface area contributed by atoms with Gasteiger partial charge in [-0.2, -0.15) is 0 Å². The standard InChI is InChI=1S/C18H26N2O4/c1-11(6-5-9-21)19-18(22)20-13(3)17-12(2)15-10-14(23-4)7-8-16(15)24-17/h7-8,10-11,13,21H,5-6,9H2,1-4H3,(H2,19,20,22). The summed E-state index contributed by atoms with van der Waals surface area (Å²) >= 11 is 0. The van der Waals surface area contributed by atoms with Crippen LogP contribution >= 0.6 is 0 Å². The number of carbonyl (C=O) groups is 1. The molecular weight excluding hydrogens is 308 g/mol. The minimum absolute atomic E-state index is 0.00498. The Morgan fingerprint density at radius 3 is 2.75 bits per heavy atom. The lowest BCUT2D eigenvalue weighted by Gasteiger charge is -2.17. The summed E-state index contributed by atoms with van der Waals surface area (Å²) in [7, 11) is 1.63. The second-order valence-corrected chi connectivity index (χ2v) is 6.06. The molecule has 0 radical (unpaired) electrons. The quantitative estimate of drug-likeness (QED) is 0.725. The molecule has 0 aliphatic carbocycles. The summed E-state index contributed by atoms with van der Waals surface area (Å²) in [6.45, 7) is 5.91. The van der Waals surface area contributed by atoms with Crippen LogP contribution in [0.25, 0.3) is 11.0 Å². The van der Waals surface area contributed by atoms with E-state index in [0.29, 0.717) is 6.42 Å². The van der Waals surface area contributed by atoms with Gasteiger partial charge in [0.15, 0.2) is 0 Å². The van der Waals surface area contributed by atoms with Gasteiger partial charge in [-0.25, -0.2) is 4.79 Å². The highest BCUT2D eigenvalue weighted by molar-refractivity contribution is 5.84. The van der Waals surface area contributed by atoms with Gasteiger partial charge in [0.25, 0.3) is 0 Å². The number of methoxy groups -OCH3 is 1. The molecule has 1 aromatic heterocycles. The lowest BCUT2D eigenvalue weighted by molar-refractivity contribution is 0.230. The summed E-state index contributed by atoms with van der Waals surface area (Å²) in [5.41, 5.74) is 1.76. The Kier molecular flexibility index (Phi) is 6.09. The van der Waals surface area contributed by atoms with E-state index in [9.17, 15) is 4.79 Å². The van der Waals surface area contributed by atoms with E-state index >= 15 is 0 Å². The average molecular weight is 334 g/mol. The van der Waals surface area contributed by atoms with E-state index < -0.39 is 0 Å². The number of fused-ring (bicyclic) bond motifs is 1. The Balaban J connectivity index is 2.06. The van der Waals surface area contributed by atoms with Crippen LogP contribution in [0.4, 0.5) is 4.79 Å². The molecule has 2 atom stereocenters. The summed E-state index contributed by atoms with van der Waals surface area (Å²) in [4.78, 5) is 12.1. The number of furan rings is 1. The molecule has 0 aliphatic rings. The third-order valence-electron chi connectivity index (χ3n) is 4.09. The molecule has 0 saturated heterocycles. The van der Waals surface area contributed by atoms with E-state index in [2.05, 4.69) is 10.6 Å². The molecular formula is C18H26N2O4. The molecule has 2 unspecified atom stereocenters. The normalized spacial score (nSPS) is 13.5. The number of aliphatic hydroxyl groups is 1. The number of rotatable bonds is 7. The molecule has 0 saturated carbocycles. The van der Waals surface area contributed by atoms with Gasteiger partial charge in [0.05, 0.1) is 13.2 Å². The van der Waals surface area contributed by atoms with Crippen molar-refractivity contribution in [1.82, 2.24) is 10.6 Å². The second-order valence-electron chi connectivity index (χ2n) is 6.06. The van der Waals surface area contributed by atoms with Crippen molar-refractivity contribution < 1.29 is 19.1 Å².